The molecule has 1 aliphatic heterocycles. The van der Waals surface area contributed by atoms with Crippen LogP contribution in [0, 0.1) is 12.8 Å². The van der Waals surface area contributed by atoms with E-state index in [9.17, 15) is 16.8 Å². The molecule has 194 valence electrons. The van der Waals surface area contributed by atoms with Gasteiger partial charge in [-0.15, -0.1) is 0 Å². The first-order valence-corrected chi connectivity index (χ1v) is 16.1. The highest BCUT2D eigenvalue weighted by atomic mass is 32.2. The molecule has 0 spiro atoms. The lowest BCUT2D eigenvalue weighted by molar-refractivity contribution is 0.318. The minimum absolute atomic E-state index is 0.138. The lowest BCUT2D eigenvalue weighted by Gasteiger charge is -2.27. The summed E-state index contributed by atoms with van der Waals surface area (Å²) < 4.78 is 57.5. The molecular weight excluding hydrogens is 484 g/mol. The molecule has 0 atom stereocenters. The molecule has 2 aromatic heterocycles. The van der Waals surface area contributed by atoms with Crippen LogP contribution >= 0.6 is 0 Å². The quantitative estimate of drug-likeness (QED) is 0.620. The molecule has 2 N–H and O–H groups in total. The van der Waals surface area contributed by atoms with Crippen molar-refractivity contribution in [2.45, 2.75) is 95.4 Å². The second kappa shape index (κ2) is 9.68. The van der Waals surface area contributed by atoms with Crippen LogP contribution in [0.2, 0.25) is 0 Å². The maximum atomic E-state index is 13.7. The van der Waals surface area contributed by atoms with Gasteiger partial charge in [0.15, 0.2) is 0 Å². The number of nitrogens with two attached hydrogens (primary N) is 1. The standard InChI is InChI=1S/C25H38N4O4S2/c1-19-25(34(26,30)31)16-24(28(19)17-20-10-4-2-5-11-20)22-18-29(23-13-7-6-12-21(22)23)35(32,33)27-14-8-3-9-15-27/h16,18,20H,2-15,17H2,1H3,(H2,26,30,31). The third kappa shape index (κ3) is 4.74. The fourth-order valence-electron chi connectivity index (χ4n) is 6.34. The second-order valence-corrected chi connectivity index (χ2v) is 13.9. The van der Waals surface area contributed by atoms with E-state index in [2.05, 4.69) is 4.57 Å². The Morgan fingerprint density at radius 1 is 0.914 bits per heavy atom. The SMILES string of the molecule is Cc1c(S(N)(=O)=O)cc(-c2cn(S(=O)(=O)N3CCCCC3)c3c2CCCC3)n1CC1CCCCC1. The van der Waals surface area contributed by atoms with Crippen LogP contribution < -0.4 is 5.14 Å². The topological polar surface area (TPSA) is 107 Å². The average Bonchev–Trinajstić information content (AvgIpc) is 3.39. The number of rotatable bonds is 6. The van der Waals surface area contributed by atoms with Crippen molar-refractivity contribution in [2.24, 2.45) is 11.1 Å². The van der Waals surface area contributed by atoms with Crippen LogP contribution in [0.4, 0.5) is 0 Å². The van der Waals surface area contributed by atoms with E-state index in [0.29, 0.717) is 31.1 Å². The van der Waals surface area contributed by atoms with Gasteiger partial charge in [0.1, 0.15) is 4.90 Å². The molecule has 10 heteroatoms. The van der Waals surface area contributed by atoms with Gasteiger partial charge in [-0.1, -0.05) is 25.7 Å². The third-order valence-corrected chi connectivity index (χ3v) is 11.1. The molecule has 35 heavy (non-hydrogen) atoms. The Morgan fingerprint density at radius 3 is 2.26 bits per heavy atom. The zero-order valence-corrected chi connectivity index (χ0v) is 22.3. The Morgan fingerprint density at radius 2 is 1.57 bits per heavy atom. The molecule has 0 bridgehead atoms. The first-order valence-electron chi connectivity index (χ1n) is 13.1. The molecule has 2 aromatic rings. The summed E-state index contributed by atoms with van der Waals surface area (Å²) in [6.45, 7) is 3.66. The lowest BCUT2D eigenvalue weighted by atomic mass is 9.89. The Bertz CT molecular complexity index is 1300. The number of nitrogens with zero attached hydrogens (tertiary/aromatic N) is 3. The molecule has 0 radical (unpaired) electrons. The van der Waals surface area contributed by atoms with Crippen molar-refractivity contribution < 1.29 is 16.8 Å². The summed E-state index contributed by atoms with van der Waals surface area (Å²) >= 11 is 0. The monoisotopic (exact) mass is 522 g/mol. The van der Waals surface area contributed by atoms with E-state index in [1.165, 1.54) is 23.2 Å². The summed E-state index contributed by atoms with van der Waals surface area (Å²) in [4.78, 5) is 0.138. The number of hydrogen-bond acceptors (Lipinski definition) is 4. The maximum absolute atomic E-state index is 13.7. The predicted molar refractivity (Wildman–Crippen MR) is 137 cm³/mol. The maximum Gasteiger partial charge on any atom is 0.307 e. The van der Waals surface area contributed by atoms with E-state index in [1.54, 1.807) is 16.6 Å². The van der Waals surface area contributed by atoms with E-state index in [0.717, 1.165) is 80.4 Å². The van der Waals surface area contributed by atoms with E-state index in [-0.39, 0.29) is 4.90 Å². The number of piperidine rings is 1. The van der Waals surface area contributed by atoms with Crippen molar-refractivity contribution in [1.82, 2.24) is 12.8 Å². The van der Waals surface area contributed by atoms with Crippen molar-refractivity contribution in [3.8, 4) is 11.3 Å². The Hall–Kier alpha value is -1.62. The number of fused-ring (bicyclic) bond motifs is 1. The highest BCUT2D eigenvalue weighted by molar-refractivity contribution is 7.89. The first-order chi connectivity index (χ1) is 16.7. The van der Waals surface area contributed by atoms with Gasteiger partial charge in [-0.3, -0.25) is 0 Å². The first kappa shape index (κ1) is 25.0. The van der Waals surface area contributed by atoms with Crippen molar-refractivity contribution in [3.05, 3.63) is 29.2 Å². The van der Waals surface area contributed by atoms with Crippen molar-refractivity contribution in [2.75, 3.05) is 13.1 Å². The van der Waals surface area contributed by atoms with Crippen LogP contribution in [0.15, 0.2) is 17.2 Å². The minimum Gasteiger partial charge on any atom is -0.343 e. The third-order valence-electron chi connectivity index (χ3n) is 8.23. The Labute approximate surface area is 209 Å². The molecule has 1 saturated heterocycles. The molecule has 8 nitrogen and oxygen atoms in total. The smallest absolute Gasteiger partial charge is 0.307 e. The van der Waals surface area contributed by atoms with Gasteiger partial charge in [0.2, 0.25) is 10.0 Å². The van der Waals surface area contributed by atoms with Crippen LogP contribution in [0.1, 0.15) is 81.2 Å². The number of hydrogen-bond donors (Lipinski definition) is 1. The highest BCUT2D eigenvalue weighted by Gasteiger charge is 2.33. The highest BCUT2D eigenvalue weighted by Crippen LogP contribution is 2.39. The molecule has 0 amide bonds. The van der Waals surface area contributed by atoms with Gasteiger partial charge in [0.25, 0.3) is 0 Å². The average molecular weight is 523 g/mol. The molecule has 0 aromatic carbocycles. The number of primary sulfonamides is 1. The number of sulfonamides is 1. The van der Waals surface area contributed by atoms with Crippen LogP contribution in [-0.4, -0.2) is 42.8 Å². The van der Waals surface area contributed by atoms with E-state index in [4.69, 9.17) is 5.14 Å². The second-order valence-electron chi connectivity index (χ2n) is 10.6. The summed E-state index contributed by atoms with van der Waals surface area (Å²) in [7, 11) is -7.56. The lowest BCUT2D eigenvalue weighted by Crippen LogP contribution is -2.39. The molecule has 1 saturated carbocycles. The summed E-state index contributed by atoms with van der Waals surface area (Å²) in [5.74, 6) is 0.483. The summed E-state index contributed by atoms with van der Waals surface area (Å²) in [6.07, 6.45) is 14.0. The van der Waals surface area contributed by atoms with Crippen LogP contribution in [0.3, 0.4) is 0 Å². The van der Waals surface area contributed by atoms with Gasteiger partial charge in [-0.05, 0) is 75.8 Å². The molecule has 0 unspecified atom stereocenters. The van der Waals surface area contributed by atoms with E-state index < -0.39 is 20.2 Å². The number of aromatic nitrogens is 2. The predicted octanol–water partition coefficient (Wildman–Crippen LogP) is 3.95. The van der Waals surface area contributed by atoms with Crippen molar-refractivity contribution in [1.29, 1.82) is 0 Å². The zero-order valence-electron chi connectivity index (χ0n) is 20.7. The normalized spacial score (nSPS) is 20.7. The zero-order chi connectivity index (χ0) is 24.8. The van der Waals surface area contributed by atoms with E-state index >= 15 is 0 Å². The summed E-state index contributed by atoms with van der Waals surface area (Å²) in [5.41, 5.74) is 4.17. The van der Waals surface area contributed by atoms with Gasteiger partial charge in [-0.2, -0.15) is 12.7 Å². The van der Waals surface area contributed by atoms with Crippen molar-refractivity contribution in [3.63, 3.8) is 0 Å². The molecule has 3 heterocycles. The van der Waals surface area contributed by atoms with Gasteiger partial charge in [0.05, 0.1) is 5.69 Å². The van der Waals surface area contributed by atoms with Crippen LogP contribution in [0.25, 0.3) is 11.3 Å². The Balaban J connectivity index is 1.65. The minimum atomic E-state index is -3.90. The van der Waals surface area contributed by atoms with E-state index in [1.807, 2.05) is 6.92 Å². The van der Waals surface area contributed by atoms with Gasteiger partial charge < -0.3 is 4.57 Å². The van der Waals surface area contributed by atoms with Gasteiger partial charge >= 0.3 is 10.2 Å². The van der Waals surface area contributed by atoms with Crippen molar-refractivity contribution >= 4 is 20.2 Å². The van der Waals surface area contributed by atoms with Gasteiger partial charge in [-0.25, -0.2) is 17.5 Å². The van der Waals surface area contributed by atoms with Crippen LogP contribution in [-0.2, 0) is 39.6 Å². The summed E-state index contributed by atoms with van der Waals surface area (Å²) in [5, 5.41) is 5.61. The fourth-order valence-corrected chi connectivity index (χ4v) is 8.82. The van der Waals surface area contributed by atoms with Gasteiger partial charge in [0, 0.05) is 42.8 Å². The molecule has 5 rings (SSSR count). The fraction of sp³-hybridized carbons (Fsp3) is 0.680. The van der Waals surface area contributed by atoms with Crippen LogP contribution in [0.5, 0.6) is 0 Å². The Kier molecular flexibility index (Phi) is 6.93. The molecule has 3 aliphatic rings. The molecular formula is C25H38N4O4S2. The summed E-state index contributed by atoms with van der Waals surface area (Å²) in [6, 6.07) is 1.68. The molecule has 2 aliphatic carbocycles. The largest absolute Gasteiger partial charge is 0.343 e. The molecule has 2 fully saturated rings.